The van der Waals surface area contributed by atoms with Crippen molar-refractivity contribution >= 4 is 24.0 Å². The molecule has 0 fully saturated rings. The van der Waals surface area contributed by atoms with Gasteiger partial charge in [-0.2, -0.15) is 13.2 Å². The number of fused-ring (bicyclic) bond motifs is 1. The van der Waals surface area contributed by atoms with Crippen LogP contribution in [-0.2, 0) is 19.1 Å². The van der Waals surface area contributed by atoms with Gasteiger partial charge in [0, 0.05) is 6.54 Å². The fourth-order valence-corrected chi connectivity index (χ4v) is 2.78. The summed E-state index contributed by atoms with van der Waals surface area (Å²) in [5.74, 6) is -1.21. The first kappa shape index (κ1) is 20.1. The molecule has 1 aliphatic rings. The molecule has 0 bridgehead atoms. The van der Waals surface area contributed by atoms with Gasteiger partial charge in [-0.05, 0) is 49.2 Å². The zero-order valence-electron chi connectivity index (χ0n) is 13.7. The number of anilines is 1. The predicted molar refractivity (Wildman–Crippen MR) is 91.0 cm³/mol. The summed E-state index contributed by atoms with van der Waals surface area (Å²) in [6.07, 6.45) is -4.08. The van der Waals surface area contributed by atoms with Gasteiger partial charge in [0.15, 0.2) is 0 Å². The van der Waals surface area contributed by atoms with Crippen LogP contribution in [0.4, 0.5) is 23.2 Å². The molecule has 0 radical (unpaired) electrons. The molecule has 2 heterocycles. The largest absolute Gasteiger partial charge is 0.433 e. The van der Waals surface area contributed by atoms with Gasteiger partial charge < -0.3 is 10.6 Å². The Hall–Kier alpha value is -2.19. The number of hydrogen-bond donors (Lipinski definition) is 2. The third kappa shape index (κ3) is 3.96. The number of aromatic nitrogens is 1. The van der Waals surface area contributed by atoms with Gasteiger partial charge >= 0.3 is 6.18 Å². The molecule has 9 heteroatoms. The summed E-state index contributed by atoms with van der Waals surface area (Å²) in [5, 5.41) is 5.55. The first-order valence-corrected chi connectivity index (χ1v) is 7.64. The highest BCUT2D eigenvalue weighted by Crippen LogP contribution is 2.29. The van der Waals surface area contributed by atoms with E-state index >= 15 is 0 Å². The van der Waals surface area contributed by atoms with Gasteiger partial charge in [-0.3, -0.25) is 4.79 Å². The zero-order chi connectivity index (χ0) is 18.2. The highest BCUT2D eigenvalue weighted by atomic mass is 35.5. The number of aryl methyl sites for hydroxylation is 1. The average molecular weight is 390 g/mol. The molecule has 3 rings (SSSR count). The van der Waals surface area contributed by atoms with E-state index in [1.54, 1.807) is 6.07 Å². The van der Waals surface area contributed by atoms with Crippen LogP contribution in [0.3, 0.4) is 0 Å². The van der Waals surface area contributed by atoms with Crippen LogP contribution < -0.4 is 10.6 Å². The number of pyridine rings is 1. The lowest BCUT2D eigenvalue weighted by Crippen LogP contribution is -2.25. The molecular formula is C17H16ClF4N3O. The van der Waals surface area contributed by atoms with Crippen LogP contribution in [0.15, 0.2) is 24.3 Å². The summed E-state index contributed by atoms with van der Waals surface area (Å²) in [7, 11) is 0. The van der Waals surface area contributed by atoms with E-state index in [0.29, 0.717) is 25.1 Å². The predicted octanol–water partition coefficient (Wildman–Crippen LogP) is 3.87. The molecular weight excluding hydrogens is 374 g/mol. The van der Waals surface area contributed by atoms with E-state index in [1.807, 2.05) is 0 Å². The van der Waals surface area contributed by atoms with E-state index in [0.717, 1.165) is 17.7 Å². The fraction of sp³-hybridized carbons (Fsp3) is 0.294. The minimum absolute atomic E-state index is 0. The number of nitrogens with zero attached hydrogens (tertiary/aromatic N) is 1. The second-order valence-electron chi connectivity index (χ2n) is 5.77. The monoisotopic (exact) mass is 389 g/mol. The van der Waals surface area contributed by atoms with E-state index in [-0.39, 0.29) is 29.4 Å². The molecule has 0 saturated heterocycles. The van der Waals surface area contributed by atoms with Crippen molar-refractivity contribution in [1.82, 2.24) is 10.3 Å². The Balaban J connectivity index is 0.00000243. The van der Waals surface area contributed by atoms with E-state index in [9.17, 15) is 22.4 Å². The Morgan fingerprint density at radius 1 is 1.23 bits per heavy atom. The molecule has 0 aliphatic carbocycles. The minimum Gasteiger partial charge on any atom is -0.319 e. The van der Waals surface area contributed by atoms with Crippen LogP contribution in [0.5, 0.6) is 0 Å². The number of carbonyl (C=O) groups is 1. The Bertz CT molecular complexity index is 839. The van der Waals surface area contributed by atoms with E-state index < -0.39 is 23.6 Å². The summed E-state index contributed by atoms with van der Waals surface area (Å²) < 4.78 is 52.5. The van der Waals surface area contributed by atoms with E-state index in [4.69, 9.17) is 0 Å². The van der Waals surface area contributed by atoms with Crippen LogP contribution in [0.1, 0.15) is 32.9 Å². The van der Waals surface area contributed by atoms with Crippen LogP contribution in [0.2, 0.25) is 0 Å². The molecule has 26 heavy (non-hydrogen) atoms. The van der Waals surface area contributed by atoms with Crippen molar-refractivity contribution in [3.63, 3.8) is 0 Å². The van der Waals surface area contributed by atoms with Gasteiger partial charge in [-0.25, -0.2) is 9.37 Å². The first-order valence-electron chi connectivity index (χ1n) is 7.64. The maximum Gasteiger partial charge on any atom is 0.433 e. The SMILES string of the molecule is Cc1nc(C(F)(F)F)ccc1C(=O)Nc1ccc2c(c1F)CCNC2.Cl. The van der Waals surface area contributed by atoms with Crippen molar-refractivity contribution in [3.8, 4) is 0 Å². The molecule has 1 aromatic heterocycles. The average Bonchev–Trinajstić information content (AvgIpc) is 2.56. The smallest absolute Gasteiger partial charge is 0.319 e. The number of hydrogen-bond acceptors (Lipinski definition) is 3. The molecule has 4 nitrogen and oxygen atoms in total. The Labute approximate surface area is 153 Å². The lowest BCUT2D eigenvalue weighted by atomic mass is 9.99. The van der Waals surface area contributed by atoms with Gasteiger partial charge in [-0.15, -0.1) is 12.4 Å². The number of benzene rings is 1. The van der Waals surface area contributed by atoms with Crippen molar-refractivity contribution in [2.45, 2.75) is 26.1 Å². The quantitative estimate of drug-likeness (QED) is 0.767. The molecule has 2 aromatic rings. The first-order chi connectivity index (χ1) is 11.8. The van der Waals surface area contributed by atoms with Crippen molar-refractivity contribution in [2.24, 2.45) is 0 Å². The summed E-state index contributed by atoms with van der Waals surface area (Å²) >= 11 is 0. The van der Waals surface area contributed by atoms with Crippen molar-refractivity contribution in [1.29, 1.82) is 0 Å². The summed E-state index contributed by atoms with van der Waals surface area (Å²) in [6, 6.07) is 4.95. The fourth-order valence-electron chi connectivity index (χ4n) is 2.78. The van der Waals surface area contributed by atoms with Crippen molar-refractivity contribution in [2.75, 3.05) is 11.9 Å². The molecule has 1 amide bonds. The maximum absolute atomic E-state index is 14.5. The molecule has 0 unspecified atom stereocenters. The standard InChI is InChI=1S/C17H15F4N3O.ClH/c1-9-11(3-5-14(23-9)17(19,20)21)16(25)24-13-4-2-10-8-22-7-6-12(10)15(13)18;/h2-5,22H,6-8H2,1H3,(H,24,25);1H. The number of alkyl halides is 3. The number of amides is 1. The summed E-state index contributed by atoms with van der Waals surface area (Å²) in [4.78, 5) is 15.7. The highest BCUT2D eigenvalue weighted by molar-refractivity contribution is 6.05. The molecule has 1 aliphatic heterocycles. The zero-order valence-corrected chi connectivity index (χ0v) is 14.5. The molecule has 2 N–H and O–H groups in total. The van der Waals surface area contributed by atoms with Crippen LogP contribution >= 0.6 is 12.4 Å². The second-order valence-corrected chi connectivity index (χ2v) is 5.77. The summed E-state index contributed by atoms with van der Waals surface area (Å²) in [5.41, 5.74) is 0.189. The molecule has 140 valence electrons. The minimum atomic E-state index is -4.58. The molecule has 0 spiro atoms. The lowest BCUT2D eigenvalue weighted by molar-refractivity contribution is -0.141. The van der Waals surface area contributed by atoms with Crippen molar-refractivity contribution < 1.29 is 22.4 Å². The van der Waals surface area contributed by atoms with Gasteiger partial charge in [0.25, 0.3) is 5.91 Å². The van der Waals surface area contributed by atoms with E-state index in [1.165, 1.54) is 13.0 Å². The molecule has 1 aromatic carbocycles. The molecule has 0 saturated carbocycles. The van der Waals surface area contributed by atoms with Gasteiger partial charge in [0.1, 0.15) is 11.5 Å². The maximum atomic E-state index is 14.5. The van der Waals surface area contributed by atoms with Crippen LogP contribution in [-0.4, -0.2) is 17.4 Å². The van der Waals surface area contributed by atoms with Gasteiger partial charge in [0.05, 0.1) is 16.9 Å². The number of rotatable bonds is 2. The van der Waals surface area contributed by atoms with Crippen LogP contribution in [0, 0.1) is 12.7 Å². The molecule has 0 atom stereocenters. The number of carbonyl (C=O) groups excluding carboxylic acids is 1. The van der Waals surface area contributed by atoms with Crippen LogP contribution in [0.25, 0.3) is 0 Å². The lowest BCUT2D eigenvalue weighted by Gasteiger charge is -2.19. The normalized spacial score (nSPS) is 13.6. The summed E-state index contributed by atoms with van der Waals surface area (Å²) in [6.45, 7) is 2.50. The van der Waals surface area contributed by atoms with Gasteiger partial charge in [-0.1, -0.05) is 6.07 Å². The topological polar surface area (TPSA) is 54.0 Å². The highest BCUT2D eigenvalue weighted by Gasteiger charge is 2.33. The second kappa shape index (κ2) is 7.59. The number of nitrogens with one attached hydrogen (secondary N) is 2. The third-order valence-electron chi connectivity index (χ3n) is 4.08. The van der Waals surface area contributed by atoms with Crippen molar-refractivity contribution in [3.05, 3.63) is 58.2 Å². The van der Waals surface area contributed by atoms with E-state index in [2.05, 4.69) is 15.6 Å². The van der Waals surface area contributed by atoms with Gasteiger partial charge in [0.2, 0.25) is 0 Å². The Morgan fingerprint density at radius 3 is 2.62 bits per heavy atom. The Morgan fingerprint density at radius 2 is 1.96 bits per heavy atom. The Kier molecular flexibility index (Phi) is 5.87. The number of halogens is 5. The third-order valence-corrected chi connectivity index (χ3v) is 4.08.